The Kier molecular flexibility index (Phi) is 3.06. The highest BCUT2D eigenvalue weighted by molar-refractivity contribution is 5.94. The molecule has 0 radical (unpaired) electrons. The van der Waals surface area contributed by atoms with Crippen LogP contribution in [-0.4, -0.2) is 29.3 Å². The number of hydrogen-bond donors (Lipinski definition) is 1. The van der Waals surface area contributed by atoms with Crippen molar-refractivity contribution >= 4 is 16.6 Å². The number of aliphatic hydroxyl groups is 1. The standard InChI is InChI=1S/C15H15N3O/c16-8-11-9-17-14-6-2-1-5-13(14)15(11)18-7-3-4-12(19)10-18/h1-2,5-6,9,12,19H,3-4,7,10H2/t12-/m0/s1. The molecule has 1 fully saturated rings. The van der Waals surface area contributed by atoms with E-state index in [4.69, 9.17) is 0 Å². The summed E-state index contributed by atoms with van der Waals surface area (Å²) in [5, 5.41) is 20.1. The second-order valence-electron chi connectivity index (χ2n) is 4.89. The van der Waals surface area contributed by atoms with Crippen molar-refractivity contribution in [3.05, 3.63) is 36.0 Å². The summed E-state index contributed by atoms with van der Waals surface area (Å²) in [6, 6.07) is 10.0. The number of pyridine rings is 1. The zero-order chi connectivity index (χ0) is 13.2. The Labute approximate surface area is 111 Å². The van der Waals surface area contributed by atoms with Crippen LogP contribution in [0.2, 0.25) is 0 Å². The Hall–Kier alpha value is -2.12. The minimum atomic E-state index is -0.313. The molecule has 1 aromatic heterocycles. The third-order valence-electron chi connectivity index (χ3n) is 3.58. The highest BCUT2D eigenvalue weighted by Gasteiger charge is 2.22. The first-order chi connectivity index (χ1) is 9.29. The summed E-state index contributed by atoms with van der Waals surface area (Å²) in [5.41, 5.74) is 2.37. The monoisotopic (exact) mass is 253 g/mol. The van der Waals surface area contributed by atoms with Crippen molar-refractivity contribution < 1.29 is 5.11 Å². The molecule has 4 heteroatoms. The summed E-state index contributed by atoms with van der Waals surface area (Å²) < 4.78 is 0. The lowest BCUT2D eigenvalue weighted by molar-refractivity contribution is 0.154. The molecule has 0 saturated carbocycles. The second-order valence-corrected chi connectivity index (χ2v) is 4.89. The molecule has 1 atom stereocenters. The van der Waals surface area contributed by atoms with Crippen LogP contribution < -0.4 is 4.90 Å². The number of fused-ring (bicyclic) bond motifs is 1. The molecule has 1 aromatic carbocycles. The molecule has 2 heterocycles. The van der Waals surface area contributed by atoms with Crippen LogP contribution in [0.15, 0.2) is 30.5 Å². The maximum atomic E-state index is 9.84. The Balaban J connectivity index is 2.17. The molecule has 19 heavy (non-hydrogen) atoms. The molecular formula is C15H15N3O. The topological polar surface area (TPSA) is 60.2 Å². The molecule has 0 bridgehead atoms. The number of hydrogen-bond acceptors (Lipinski definition) is 4. The van der Waals surface area contributed by atoms with Crippen LogP contribution in [-0.2, 0) is 0 Å². The third kappa shape index (κ3) is 2.13. The van der Waals surface area contributed by atoms with E-state index in [0.717, 1.165) is 36.0 Å². The number of anilines is 1. The molecule has 0 spiro atoms. The van der Waals surface area contributed by atoms with E-state index < -0.39 is 0 Å². The van der Waals surface area contributed by atoms with Crippen LogP contribution >= 0.6 is 0 Å². The number of aliphatic hydroxyl groups excluding tert-OH is 1. The van der Waals surface area contributed by atoms with Crippen LogP contribution in [0.4, 0.5) is 5.69 Å². The maximum absolute atomic E-state index is 9.84. The van der Waals surface area contributed by atoms with Gasteiger partial charge < -0.3 is 10.0 Å². The zero-order valence-corrected chi connectivity index (χ0v) is 10.6. The molecule has 0 unspecified atom stereocenters. The van der Waals surface area contributed by atoms with E-state index in [1.54, 1.807) is 6.20 Å². The predicted octanol–water partition coefficient (Wildman–Crippen LogP) is 2.07. The predicted molar refractivity (Wildman–Crippen MR) is 73.9 cm³/mol. The number of benzene rings is 1. The average molecular weight is 253 g/mol. The van der Waals surface area contributed by atoms with E-state index in [1.807, 2.05) is 24.3 Å². The van der Waals surface area contributed by atoms with Crippen LogP contribution in [0.1, 0.15) is 18.4 Å². The van der Waals surface area contributed by atoms with Crippen molar-refractivity contribution in [3.63, 3.8) is 0 Å². The lowest BCUT2D eigenvalue weighted by Gasteiger charge is -2.33. The van der Waals surface area contributed by atoms with Gasteiger partial charge >= 0.3 is 0 Å². The SMILES string of the molecule is N#Cc1cnc2ccccc2c1N1CCC[C@H](O)C1. The Bertz CT molecular complexity index is 647. The van der Waals surface area contributed by atoms with Gasteiger partial charge in [-0.25, -0.2) is 0 Å². The van der Waals surface area contributed by atoms with Gasteiger partial charge in [0.15, 0.2) is 0 Å². The van der Waals surface area contributed by atoms with Crippen molar-refractivity contribution in [1.29, 1.82) is 5.26 Å². The van der Waals surface area contributed by atoms with Crippen LogP contribution in [0.3, 0.4) is 0 Å². The molecule has 0 aliphatic carbocycles. The molecular weight excluding hydrogens is 238 g/mol. The number of rotatable bonds is 1. The summed E-state index contributed by atoms with van der Waals surface area (Å²) in [5.74, 6) is 0. The molecule has 0 amide bonds. The van der Waals surface area contributed by atoms with Gasteiger partial charge in [0.05, 0.1) is 22.9 Å². The molecule has 1 N–H and O–H groups in total. The first kappa shape index (κ1) is 11.9. The molecule has 2 aromatic rings. The van der Waals surface area contributed by atoms with Crippen molar-refractivity contribution in [2.24, 2.45) is 0 Å². The minimum Gasteiger partial charge on any atom is -0.391 e. The maximum Gasteiger partial charge on any atom is 0.103 e. The Morgan fingerprint density at radius 1 is 1.37 bits per heavy atom. The van der Waals surface area contributed by atoms with Gasteiger partial charge in [0, 0.05) is 24.7 Å². The largest absolute Gasteiger partial charge is 0.391 e. The van der Waals surface area contributed by atoms with Crippen molar-refractivity contribution in [2.75, 3.05) is 18.0 Å². The summed E-state index contributed by atoms with van der Waals surface area (Å²) in [6.07, 6.45) is 3.09. The normalized spacial score (nSPS) is 19.4. The number of aromatic nitrogens is 1. The molecule has 1 aliphatic heterocycles. The highest BCUT2D eigenvalue weighted by atomic mass is 16.3. The van der Waals surface area contributed by atoms with E-state index in [9.17, 15) is 10.4 Å². The lowest BCUT2D eigenvalue weighted by Crippen LogP contribution is -2.38. The van der Waals surface area contributed by atoms with E-state index in [0.29, 0.717) is 12.1 Å². The van der Waals surface area contributed by atoms with Gasteiger partial charge in [-0.3, -0.25) is 4.98 Å². The Morgan fingerprint density at radius 2 is 2.21 bits per heavy atom. The van der Waals surface area contributed by atoms with Gasteiger partial charge in [0.25, 0.3) is 0 Å². The highest BCUT2D eigenvalue weighted by Crippen LogP contribution is 2.31. The molecule has 96 valence electrons. The summed E-state index contributed by atoms with van der Waals surface area (Å²) in [7, 11) is 0. The van der Waals surface area contributed by atoms with E-state index in [-0.39, 0.29) is 6.10 Å². The van der Waals surface area contributed by atoms with Gasteiger partial charge in [-0.05, 0) is 18.9 Å². The van der Waals surface area contributed by atoms with Crippen LogP contribution in [0.5, 0.6) is 0 Å². The summed E-state index contributed by atoms with van der Waals surface area (Å²) >= 11 is 0. The number of para-hydroxylation sites is 1. The fourth-order valence-corrected chi connectivity index (χ4v) is 2.71. The smallest absolute Gasteiger partial charge is 0.103 e. The number of piperidine rings is 1. The minimum absolute atomic E-state index is 0.313. The fraction of sp³-hybridized carbons (Fsp3) is 0.333. The molecule has 1 aliphatic rings. The third-order valence-corrected chi connectivity index (χ3v) is 3.58. The Morgan fingerprint density at radius 3 is 3.00 bits per heavy atom. The fourth-order valence-electron chi connectivity index (χ4n) is 2.71. The van der Waals surface area contributed by atoms with E-state index >= 15 is 0 Å². The van der Waals surface area contributed by atoms with Gasteiger partial charge in [0.2, 0.25) is 0 Å². The van der Waals surface area contributed by atoms with Crippen molar-refractivity contribution in [1.82, 2.24) is 4.98 Å². The summed E-state index contributed by atoms with van der Waals surface area (Å²) in [4.78, 5) is 6.42. The number of nitrogens with zero attached hydrogens (tertiary/aromatic N) is 3. The summed E-state index contributed by atoms with van der Waals surface area (Å²) in [6.45, 7) is 1.46. The quantitative estimate of drug-likeness (QED) is 0.845. The van der Waals surface area contributed by atoms with Crippen LogP contribution in [0, 0.1) is 11.3 Å². The second kappa shape index (κ2) is 4.87. The van der Waals surface area contributed by atoms with Gasteiger partial charge in [0.1, 0.15) is 6.07 Å². The molecule has 4 nitrogen and oxygen atoms in total. The lowest BCUT2D eigenvalue weighted by atomic mass is 10.0. The average Bonchev–Trinajstić information content (AvgIpc) is 2.46. The van der Waals surface area contributed by atoms with Crippen LogP contribution in [0.25, 0.3) is 10.9 Å². The van der Waals surface area contributed by atoms with Gasteiger partial charge in [-0.1, -0.05) is 18.2 Å². The van der Waals surface area contributed by atoms with Crippen molar-refractivity contribution in [3.8, 4) is 6.07 Å². The van der Waals surface area contributed by atoms with E-state index in [2.05, 4.69) is 16.0 Å². The first-order valence-corrected chi connectivity index (χ1v) is 6.50. The van der Waals surface area contributed by atoms with E-state index in [1.165, 1.54) is 0 Å². The first-order valence-electron chi connectivity index (χ1n) is 6.50. The van der Waals surface area contributed by atoms with Gasteiger partial charge in [-0.15, -0.1) is 0 Å². The van der Waals surface area contributed by atoms with Gasteiger partial charge in [-0.2, -0.15) is 5.26 Å². The number of nitriles is 1. The molecule has 1 saturated heterocycles. The zero-order valence-electron chi connectivity index (χ0n) is 10.6. The molecule has 3 rings (SSSR count). The number of β-amino-alcohol motifs (C(OH)–C–C–N with tert-alkyl or cyclic N) is 1. The van der Waals surface area contributed by atoms with Crippen molar-refractivity contribution in [2.45, 2.75) is 18.9 Å².